The molecule has 2 aliphatic heterocycles. The Morgan fingerprint density at radius 1 is 1.45 bits per heavy atom. The number of alkyl halides is 1. The van der Waals surface area contributed by atoms with Gasteiger partial charge in [0.2, 0.25) is 5.91 Å². The van der Waals surface area contributed by atoms with Crippen LogP contribution in [0.1, 0.15) is 36.6 Å². The number of nitrogens with two attached hydrogens (primary N) is 1. The van der Waals surface area contributed by atoms with Gasteiger partial charge < -0.3 is 11.1 Å². The predicted molar refractivity (Wildman–Crippen MR) is 117 cm³/mol. The van der Waals surface area contributed by atoms with Crippen molar-refractivity contribution >= 4 is 17.5 Å². The average molecular weight is 449 g/mol. The van der Waals surface area contributed by atoms with E-state index in [9.17, 15) is 14.4 Å². The summed E-state index contributed by atoms with van der Waals surface area (Å²) in [4.78, 5) is 14.5. The van der Waals surface area contributed by atoms with Gasteiger partial charge in [0.1, 0.15) is 11.1 Å². The molecule has 1 saturated carbocycles. The van der Waals surface area contributed by atoms with E-state index in [4.69, 9.17) is 17.3 Å². The fraction of sp³-hybridized carbons (Fsp3) is 0.636. The number of carbonyl (C=O) groups is 1. The van der Waals surface area contributed by atoms with Crippen LogP contribution < -0.4 is 21.7 Å². The number of hydrogen-bond acceptors (Lipinski definition) is 6. The number of carbonyl (C=O) groups excluding carboxylic acids is 1. The van der Waals surface area contributed by atoms with Crippen molar-refractivity contribution < 1.29 is 9.18 Å². The fourth-order valence-corrected chi connectivity index (χ4v) is 4.70. The van der Waals surface area contributed by atoms with Gasteiger partial charge in [0.15, 0.2) is 0 Å². The Labute approximate surface area is 187 Å². The molecule has 168 valence electrons. The maximum Gasteiger partial charge on any atom is 0.240 e. The monoisotopic (exact) mass is 448 g/mol. The lowest BCUT2D eigenvalue weighted by molar-refractivity contribution is -0.124. The highest BCUT2D eigenvalue weighted by atomic mass is 35.5. The van der Waals surface area contributed by atoms with Gasteiger partial charge in [-0.2, -0.15) is 5.26 Å². The summed E-state index contributed by atoms with van der Waals surface area (Å²) in [5.74, 6) is -0.194. The third kappa shape index (κ3) is 4.57. The summed E-state index contributed by atoms with van der Waals surface area (Å²) in [6, 6.07) is 8.08. The summed E-state index contributed by atoms with van der Waals surface area (Å²) >= 11 is 6.33. The highest BCUT2D eigenvalue weighted by Crippen LogP contribution is 2.45. The Balaban J connectivity index is 1.49. The second-order valence-corrected chi connectivity index (χ2v) is 9.61. The van der Waals surface area contributed by atoms with Crippen LogP contribution in [0.15, 0.2) is 18.2 Å². The summed E-state index contributed by atoms with van der Waals surface area (Å²) in [5, 5.41) is 20.0. The largest absolute Gasteiger partial charge is 0.354 e. The molecule has 1 amide bonds. The van der Waals surface area contributed by atoms with Gasteiger partial charge in [-0.05, 0) is 43.4 Å². The van der Waals surface area contributed by atoms with Crippen LogP contribution in [0.3, 0.4) is 0 Å². The lowest BCUT2D eigenvalue weighted by Crippen LogP contribution is -2.62. The van der Waals surface area contributed by atoms with E-state index in [2.05, 4.69) is 26.9 Å². The quantitative estimate of drug-likeness (QED) is 0.526. The smallest absolute Gasteiger partial charge is 0.240 e. The average Bonchev–Trinajstić information content (AvgIpc) is 3.49. The van der Waals surface area contributed by atoms with E-state index < -0.39 is 11.1 Å². The molecule has 1 aliphatic carbocycles. The van der Waals surface area contributed by atoms with Crippen LogP contribution >= 0.6 is 11.6 Å². The minimum atomic E-state index is -1.39. The van der Waals surface area contributed by atoms with Crippen LogP contribution in [0.4, 0.5) is 4.39 Å². The van der Waals surface area contributed by atoms with Gasteiger partial charge in [0, 0.05) is 43.7 Å². The second-order valence-electron chi connectivity index (χ2n) is 9.20. The summed E-state index contributed by atoms with van der Waals surface area (Å²) in [6.45, 7) is 3.85. The number of amides is 1. The topological polar surface area (TPSA) is 106 Å². The molecule has 5 N–H and O–H groups in total. The summed E-state index contributed by atoms with van der Waals surface area (Å²) in [5.41, 5.74) is 5.45. The SMILES string of the molecule is Cc1ccc(C2NCC(CNC(=O)C3(C#N)CC3)C(N3CCC(F)(CN)C3)N2)cc1Cl. The molecule has 4 atom stereocenters. The Kier molecular flexibility index (Phi) is 6.25. The van der Waals surface area contributed by atoms with Crippen LogP contribution in [0.2, 0.25) is 5.02 Å². The lowest BCUT2D eigenvalue weighted by Gasteiger charge is -2.43. The third-order valence-corrected chi connectivity index (χ3v) is 7.32. The highest BCUT2D eigenvalue weighted by Gasteiger charge is 2.51. The minimum Gasteiger partial charge on any atom is -0.354 e. The molecular formula is C22H30ClFN6O. The van der Waals surface area contributed by atoms with E-state index in [0.29, 0.717) is 43.9 Å². The molecule has 3 aliphatic rings. The van der Waals surface area contributed by atoms with Crippen molar-refractivity contribution in [3.8, 4) is 6.07 Å². The first kappa shape index (κ1) is 22.4. The number of nitrogens with zero attached hydrogens (tertiary/aromatic N) is 2. The zero-order chi connectivity index (χ0) is 22.2. The molecule has 9 heteroatoms. The van der Waals surface area contributed by atoms with Crippen LogP contribution in [0, 0.1) is 29.6 Å². The van der Waals surface area contributed by atoms with Gasteiger partial charge in [0.25, 0.3) is 0 Å². The molecule has 3 fully saturated rings. The van der Waals surface area contributed by atoms with Crippen molar-refractivity contribution in [1.29, 1.82) is 5.26 Å². The van der Waals surface area contributed by atoms with Crippen LogP contribution in [0.5, 0.6) is 0 Å². The van der Waals surface area contributed by atoms with Crippen molar-refractivity contribution in [1.82, 2.24) is 20.9 Å². The number of rotatable bonds is 6. The van der Waals surface area contributed by atoms with Gasteiger partial charge in [-0.3, -0.25) is 20.3 Å². The third-order valence-electron chi connectivity index (χ3n) is 6.91. The van der Waals surface area contributed by atoms with Gasteiger partial charge in [0.05, 0.1) is 18.4 Å². The van der Waals surface area contributed by atoms with E-state index in [1.165, 1.54) is 0 Å². The number of aryl methyl sites for hydroxylation is 1. The van der Waals surface area contributed by atoms with Crippen molar-refractivity contribution in [3.05, 3.63) is 34.3 Å². The van der Waals surface area contributed by atoms with E-state index in [-0.39, 0.29) is 37.2 Å². The minimum absolute atomic E-state index is 0.00242. The molecule has 1 aromatic carbocycles. The zero-order valence-corrected chi connectivity index (χ0v) is 18.5. The fourth-order valence-electron chi connectivity index (χ4n) is 4.51. The van der Waals surface area contributed by atoms with Crippen molar-refractivity contribution in [2.45, 2.75) is 44.2 Å². The molecule has 0 radical (unpaired) electrons. The molecule has 1 aromatic rings. The van der Waals surface area contributed by atoms with Gasteiger partial charge in [-0.1, -0.05) is 23.7 Å². The number of likely N-dealkylation sites (tertiary alicyclic amines) is 1. The highest BCUT2D eigenvalue weighted by molar-refractivity contribution is 6.31. The van der Waals surface area contributed by atoms with E-state index in [0.717, 1.165) is 11.1 Å². The molecule has 2 saturated heterocycles. The lowest BCUT2D eigenvalue weighted by atomic mass is 9.98. The van der Waals surface area contributed by atoms with Gasteiger partial charge >= 0.3 is 0 Å². The molecular weight excluding hydrogens is 419 g/mol. The Morgan fingerprint density at radius 3 is 2.84 bits per heavy atom. The first-order chi connectivity index (χ1) is 14.8. The molecule has 4 unspecified atom stereocenters. The van der Waals surface area contributed by atoms with E-state index in [1.54, 1.807) is 0 Å². The Hall–Kier alpha value is -1.76. The van der Waals surface area contributed by atoms with Crippen LogP contribution in [-0.4, -0.2) is 55.4 Å². The zero-order valence-electron chi connectivity index (χ0n) is 17.8. The molecule has 31 heavy (non-hydrogen) atoms. The Morgan fingerprint density at radius 2 is 2.23 bits per heavy atom. The molecule has 0 bridgehead atoms. The maximum atomic E-state index is 14.9. The first-order valence-corrected chi connectivity index (χ1v) is 11.3. The van der Waals surface area contributed by atoms with Crippen molar-refractivity contribution in [2.75, 3.05) is 32.7 Å². The van der Waals surface area contributed by atoms with E-state index >= 15 is 0 Å². The number of hydrogen-bond donors (Lipinski definition) is 4. The number of halogens is 2. The van der Waals surface area contributed by atoms with Gasteiger partial charge in [-0.15, -0.1) is 0 Å². The van der Waals surface area contributed by atoms with E-state index in [1.807, 2.05) is 25.1 Å². The van der Waals surface area contributed by atoms with Crippen molar-refractivity contribution in [2.24, 2.45) is 17.1 Å². The van der Waals surface area contributed by atoms with Gasteiger partial charge in [-0.25, -0.2) is 4.39 Å². The molecule has 0 spiro atoms. The summed E-state index contributed by atoms with van der Waals surface area (Å²) < 4.78 is 14.9. The normalized spacial score (nSPS) is 32.4. The summed E-state index contributed by atoms with van der Waals surface area (Å²) in [6.07, 6.45) is 1.34. The second kappa shape index (κ2) is 8.64. The standard InChI is InChI=1S/C22H30ClFN6O/c1-14-2-3-15(8-17(14)23)18-27-9-16(10-28-20(31)21(11-25)4-5-21)19(29-18)30-7-6-22(24,12-26)13-30/h2-3,8,16,18-19,27,29H,4-7,9-10,12-13,26H2,1H3,(H,28,31). The first-order valence-electron chi connectivity index (χ1n) is 10.9. The maximum absolute atomic E-state index is 14.9. The molecule has 4 rings (SSSR count). The Bertz CT molecular complexity index is 887. The number of nitrogens with one attached hydrogen (secondary N) is 3. The predicted octanol–water partition coefficient (Wildman–Crippen LogP) is 1.57. The number of nitriles is 1. The van der Waals surface area contributed by atoms with Crippen LogP contribution in [-0.2, 0) is 4.79 Å². The molecule has 2 heterocycles. The molecule has 7 nitrogen and oxygen atoms in total. The van der Waals surface area contributed by atoms with Crippen molar-refractivity contribution in [3.63, 3.8) is 0 Å². The molecule has 0 aromatic heterocycles. The van der Waals surface area contributed by atoms with Crippen LogP contribution in [0.25, 0.3) is 0 Å². The summed E-state index contributed by atoms with van der Waals surface area (Å²) in [7, 11) is 0. The number of benzene rings is 1.